The van der Waals surface area contributed by atoms with Gasteiger partial charge in [0.25, 0.3) is 11.6 Å². The fourth-order valence-corrected chi connectivity index (χ4v) is 2.43. The van der Waals surface area contributed by atoms with Crippen LogP contribution < -0.4 is 5.32 Å². The highest BCUT2D eigenvalue weighted by Gasteiger charge is 2.26. The standard InChI is InChI=1S/C17H20N4O2/c1-11(2)21-16(17(22)18-13-6-7-13)10-15(19-21)12-4-8-14(9-5-12)20(3)23/h4-5,8-11,13H,6-7H2,1-3H3/p+1. The van der Waals surface area contributed by atoms with Gasteiger partial charge in [0.15, 0.2) is 7.05 Å². The topological polar surface area (TPSA) is 67.0 Å². The molecule has 1 heterocycles. The molecule has 0 unspecified atom stereocenters. The highest BCUT2D eigenvalue weighted by atomic mass is 16.3. The number of hydrogen-bond acceptors (Lipinski definition) is 3. The van der Waals surface area contributed by atoms with Crippen LogP contribution in [0.2, 0.25) is 0 Å². The van der Waals surface area contributed by atoms with Gasteiger partial charge in [0, 0.05) is 39.4 Å². The average molecular weight is 313 g/mol. The summed E-state index contributed by atoms with van der Waals surface area (Å²) in [4.78, 5) is 23.7. The van der Waals surface area contributed by atoms with E-state index in [0.717, 1.165) is 28.9 Å². The van der Waals surface area contributed by atoms with Crippen molar-refractivity contribution >= 4 is 11.6 Å². The zero-order valence-electron chi connectivity index (χ0n) is 13.6. The van der Waals surface area contributed by atoms with Crippen molar-refractivity contribution in [3.8, 4) is 11.3 Å². The van der Waals surface area contributed by atoms with E-state index in [9.17, 15) is 9.70 Å². The number of nitroso groups, excluding NO2 is 1. The second kappa shape index (κ2) is 5.95. The van der Waals surface area contributed by atoms with Crippen molar-refractivity contribution in [3.05, 3.63) is 40.9 Å². The van der Waals surface area contributed by atoms with Crippen LogP contribution in [0.25, 0.3) is 11.3 Å². The molecule has 1 aliphatic rings. The van der Waals surface area contributed by atoms with Gasteiger partial charge in [-0.2, -0.15) is 5.10 Å². The second-order valence-electron chi connectivity index (χ2n) is 6.25. The van der Waals surface area contributed by atoms with E-state index >= 15 is 0 Å². The predicted octanol–water partition coefficient (Wildman–Crippen LogP) is 3.06. The van der Waals surface area contributed by atoms with E-state index in [1.165, 1.54) is 7.05 Å². The fraction of sp³-hybridized carbons (Fsp3) is 0.412. The molecule has 0 saturated heterocycles. The highest BCUT2D eigenvalue weighted by molar-refractivity contribution is 5.94. The summed E-state index contributed by atoms with van der Waals surface area (Å²) >= 11 is 0. The lowest BCUT2D eigenvalue weighted by atomic mass is 10.1. The highest BCUT2D eigenvalue weighted by Crippen LogP contribution is 2.25. The number of nitrogens with zero attached hydrogens (tertiary/aromatic N) is 3. The summed E-state index contributed by atoms with van der Waals surface area (Å²) in [5.74, 6) is -0.0733. The van der Waals surface area contributed by atoms with Crippen LogP contribution in [0.5, 0.6) is 0 Å². The summed E-state index contributed by atoms with van der Waals surface area (Å²) in [5, 5.41) is 7.57. The van der Waals surface area contributed by atoms with Gasteiger partial charge in [-0.3, -0.25) is 9.48 Å². The summed E-state index contributed by atoms with van der Waals surface area (Å²) in [7, 11) is 1.46. The van der Waals surface area contributed by atoms with Crippen molar-refractivity contribution in [1.82, 2.24) is 15.1 Å². The Labute approximate surface area is 135 Å². The lowest BCUT2D eigenvalue weighted by molar-refractivity contribution is -0.428. The minimum Gasteiger partial charge on any atom is -0.348 e. The van der Waals surface area contributed by atoms with Gasteiger partial charge < -0.3 is 5.32 Å². The molecule has 23 heavy (non-hydrogen) atoms. The number of amides is 1. The monoisotopic (exact) mass is 313 g/mol. The van der Waals surface area contributed by atoms with Gasteiger partial charge in [-0.25, -0.2) is 0 Å². The van der Waals surface area contributed by atoms with Crippen LogP contribution in [0.3, 0.4) is 0 Å². The summed E-state index contributed by atoms with van der Waals surface area (Å²) in [6, 6.07) is 9.41. The first-order valence-corrected chi connectivity index (χ1v) is 7.87. The van der Waals surface area contributed by atoms with Gasteiger partial charge in [0.1, 0.15) is 5.69 Å². The second-order valence-corrected chi connectivity index (χ2v) is 6.25. The zero-order valence-corrected chi connectivity index (χ0v) is 13.6. The van der Waals surface area contributed by atoms with Gasteiger partial charge in [-0.1, -0.05) is 0 Å². The summed E-state index contributed by atoms with van der Waals surface area (Å²) in [6.45, 7) is 4.00. The molecule has 1 aromatic carbocycles. The number of hydrogen-bond donors (Lipinski definition) is 1. The minimum absolute atomic E-state index is 0.0733. The molecular weight excluding hydrogens is 292 g/mol. The Morgan fingerprint density at radius 2 is 1.96 bits per heavy atom. The van der Waals surface area contributed by atoms with Crippen molar-refractivity contribution in [2.45, 2.75) is 38.8 Å². The molecule has 1 aliphatic carbocycles. The van der Waals surface area contributed by atoms with Crippen LogP contribution >= 0.6 is 0 Å². The lowest BCUT2D eigenvalue weighted by Crippen LogP contribution is -2.28. The van der Waals surface area contributed by atoms with Crippen LogP contribution in [-0.4, -0.2) is 33.5 Å². The molecule has 2 aromatic rings. The van der Waals surface area contributed by atoms with E-state index in [0.29, 0.717) is 17.4 Å². The van der Waals surface area contributed by atoms with Gasteiger partial charge in [-0.05, 0) is 44.9 Å². The largest absolute Gasteiger partial charge is 0.348 e. The van der Waals surface area contributed by atoms with Crippen LogP contribution in [-0.2, 0) is 0 Å². The van der Waals surface area contributed by atoms with E-state index in [4.69, 9.17) is 0 Å². The Morgan fingerprint density at radius 3 is 2.48 bits per heavy atom. The van der Waals surface area contributed by atoms with E-state index in [1.54, 1.807) is 16.8 Å². The first kappa shape index (κ1) is 15.4. The molecule has 0 spiro atoms. The van der Waals surface area contributed by atoms with Gasteiger partial charge in [0.05, 0.1) is 5.69 Å². The van der Waals surface area contributed by atoms with Crippen LogP contribution in [0.15, 0.2) is 30.3 Å². The predicted molar refractivity (Wildman–Crippen MR) is 87.7 cm³/mol. The van der Waals surface area contributed by atoms with Gasteiger partial charge in [0.2, 0.25) is 0 Å². The van der Waals surface area contributed by atoms with E-state index in [1.807, 2.05) is 32.0 Å². The Kier molecular flexibility index (Phi) is 3.98. The molecule has 6 nitrogen and oxygen atoms in total. The molecular formula is C17H21N4O2+. The molecule has 120 valence electrons. The summed E-state index contributed by atoms with van der Waals surface area (Å²) in [6.07, 6.45) is 2.11. The summed E-state index contributed by atoms with van der Waals surface area (Å²) < 4.78 is 2.56. The molecule has 3 rings (SSSR count). The molecule has 1 aromatic heterocycles. The third-order valence-electron chi connectivity index (χ3n) is 3.90. The number of carbonyl (C=O) groups excluding carboxylic acids is 1. The third kappa shape index (κ3) is 3.31. The number of nitrogens with one attached hydrogen (secondary N) is 1. The molecule has 0 atom stereocenters. The molecule has 0 radical (unpaired) electrons. The Balaban J connectivity index is 1.92. The molecule has 1 fully saturated rings. The normalized spacial score (nSPS) is 14.1. The Bertz CT molecular complexity index is 742. The molecule has 1 saturated carbocycles. The third-order valence-corrected chi connectivity index (χ3v) is 3.90. The summed E-state index contributed by atoms with van der Waals surface area (Å²) in [5.41, 5.74) is 2.78. The molecule has 0 aliphatic heterocycles. The molecule has 6 heteroatoms. The minimum atomic E-state index is -0.0733. The van der Waals surface area contributed by atoms with Crippen molar-refractivity contribution in [1.29, 1.82) is 0 Å². The Hall–Kier alpha value is -2.50. The van der Waals surface area contributed by atoms with E-state index in [-0.39, 0.29) is 11.9 Å². The quantitative estimate of drug-likeness (QED) is 0.863. The maximum atomic E-state index is 12.4. The number of benzene rings is 1. The maximum absolute atomic E-state index is 12.4. The SMILES string of the molecule is CC(C)n1nc(-c2ccc([N+](C)=O)cc2)cc1C(=O)NC1CC1. The number of aromatic nitrogens is 2. The first-order chi connectivity index (χ1) is 11.0. The first-order valence-electron chi connectivity index (χ1n) is 7.87. The van der Waals surface area contributed by atoms with E-state index in [2.05, 4.69) is 10.4 Å². The molecule has 1 N–H and O–H groups in total. The Morgan fingerprint density at radius 1 is 1.30 bits per heavy atom. The molecule has 1 amide bonds. The zero-order chi connectivity index (χ0) is 16.6. The van der Waals surface area contributed by atoms with Crippen LogP contribution in [0.1, 0.15) is 43.2 Å². The smallest absolute Gasteiger partial charge is 0.269 e. The lowest BCUT2D eigenvalue weighted by Gasteiger charge is -2.10. The number of carbonyl (C=O) groups is 1. The van der Waals surface area contributed by atoms with Gasteiger partial charge >= 0.3 is 0 Å². The van der Waals surface area contributed by atoms with Gasteiger partial charge in [-0.15, -0.1) is 0 Å². The van der Waals surface area contributed by atoms with Crippen LogP contribution in [0, 0.1) is 4.91 Å². The van der Waals surface area contributed by atoms with E-state index < -0.39 is 0 Å². The number of rotatable bonds is 5. The van der Waals surface area contributed by atoms with Crippen molar-refractivity contribution in [3.63, 3.8) is 0 Å². The maximum Gasteiger partial charge on any atom is 0.269 e. The fourth-order valence-electron chi connectivity index (χ4n) is 2.43. The van der Waals surface area contributed by atoms with Crippen molar-refractivity contribution in [2.75, 3.05) is 7.05 Å². The van der Waals surface area contributed by atoms with Crippen molar-refractivity contribution < 1.29 is 9.55 Å². The average Bonchev–Trinajstić information content (AvgIpc) is 3.21. The molecule has 0 bridgehead atoms. The van der Waals surface area contributed by atoms with Crippen molar-refractivity contribution in [2.24, 2.45) is 0 Å². The van der Waals surface area contributed by atoms with Crippen LogP contribution in [0.4, 0.5) is 5.69 Å².